The predicted octanol–water partition coefficient (Wildman–Crippen LogP) is 25.3. The van der Waals surface area contributed by atoms with E-state index >= 15 is 0 Å². The lowest BCUT2D eigenvalue weighted by atomic mass is 10.1. The minimum absolute atomic E-state index is 0.508. The maximum atomic E-state index is 7.75. The van der Waals surface area contributed by atoms with Crippen molar-refractivity contribution in [2.24, 2.45) is 0 Å². The molecule has 0 atom stereocenters. The molecule has 0 unspecified atom stereocenters. The minimum Gasteiger partial charge on any atom is -0.422 e. The third-order valence-electron chi connectivity index (χ3n) is 18.0. The molecule has 0 saturated heterocycles. The molecule has 12 heteroatoms. The Hall–Kier alpha value is -13.3. The molecule has 1 aliphatic heterocycles. The third kappa shape index (κ3) is 8.56. The van der Waals surface area contributed by atoms with Crippen LogP contribution in [0.4, 0.5) is 105 Å². The first-order chi connectivity index (χ1) is 47.7. The molecule has 7 heterocycles. The summed E-state index contributed by atoms with van der Waals surface area (Å²) in [7, 11) is 0. The molecular formula is C84H54N6O6. The van der Waals surface area contributed by atoms with Crippen LogP contribution in [-0.2, 0) is 0 Å². The normalized spacial score (nSPS) is 12.9. The van der Waals surface area contributed by atoms with Gasteiger partial charge in [0, 0.05) is 64.6 Å². The Labute approximate surface area is 549 Å². The van der Waals surface area contributed by atoms with Crippen LogP contribution in [0.2, 0.25) is 0 Å². The highest BCUT2D eigenvalue weighted by molar-refractivity contribution is 6.16. The largest absolute Gasteiger partial charge is 0.422 e. The van der Waals surface area contributed by atoms with Gasteiger partial charge in [0.25, 0.3) is 0 Å². The molecule has 0 amide bonds. The maximum Gasteiger partial charge on any atom is 0.217 e. The van der Waals surface area contributed by atoms with E-state index in [1.165, 1.54) is 0 Å². The average Bonchev–Trinajstić information content (AvgIpc) is 1.57. The summed E-state index contributed by atoms with van der Waals surface area (Å²) < 4.78 is 46.5. The van der Waals surface area contributed by atoms with Gasteiger partial charge in [-0.25, -0.2) is 29.4 Å². The number of furan rings is 6. The monoisotopic (exact) mass is 1240 g/mol. The minimum atomic E-state index is 0.508. The summed E-state index contributed by atoms with van der Waals surface area (Å²) in [6.07, 6.45) is 0. The molecule has 0 fully saturated rings. The Morgan fingerprint density at radius 2 is 0.208 bits per heavy atom. The first-order valence-electron chi connectivity index (χ1n) is 31.9. The van der Waals surface area contributed by atoms with Gasteiger partial charge in [0.1, 0.15) is 0 Å². The molecule has 12 nitrogen and oxygen atoms in total. The van der Waals surface area contributed by atoms with E-state index < -0.39 is 0 Å². The summed E-state index contributed by atoms with van der Waals surface area (Å²) in [5.41, 5.74) is 4.77. The van der Waals surface area contributed by atoms with Gasteiger partial charge in [-0.3, -0.25) is 0 Å². The molecule has 0 radical (unpaired) electrons. The molecule has 0 N–H and O–H groups in total. The van der Waals surface area contributed by atoms with Crippen LogP contribution in [0, 0.1) is 0 Å². The summed E-state index contributed by atoms with van der Waals surface area (Å²) in [5, 5.41) is 9.84. The van der Waals surface area contributed by atoms with Crippen molar-refractivity contribution in [3.8, 4) is 0 Å². The second kappa shape index (κ2) is 22.2. The van der Waals surface area contributed by atoms with Gasteiger partial charge in [0.15, 0.2) is 0 Å². The molecule has 12 bridgehead atoms. The zero-order valence-electron chi connectivity index (χ0n) is 51.3. The summed E-state index contributed by atoms with van der Waals surface area (Å²) in [5.74, 6) is 6.09. The number of benzene rings is 12. The molecule has 12 aromatic carbocycles. The van der Waals surface area contributed by atoms with E-state index in [9.17, 15) is 0 Å². The molecule has 19 rings (SSSR count). The summed E-state index contributed by atoms with van der Waals surface area (Å²) >= 11 is 0. The second-order valence-electron chi connectivity index (χ2n) is 23.6. The van der Waals surface area contributed by atoms with Crippen molar-refractivity contribution in [1.29, 1.82) is 0 Å². The molecule has 0 spiro atoms. The predicted molar refractivity (Wildman–Crippen MR) is 387 cm³/mol. The van der Waals surface area contributed by atoms with E-state index in [1.807, 2.05) is 182 Å². The van der Waals surface area contributed by atoms with Crippen molar-refractivity contribution in [1.82, 2.24) is 0 Å². The fourth-order valence-electron chi connectivity index (χ4n) is 13.8. The van der Waals surface area contributed by atoms with Gasteiger partial charge >= 0.3 is 0 Å². The maximum absolute atomic E-state index is 7.75. The fourth-order valence-corrected chi connectivity index (χ4v) is 13.8. The lowest BCUT2D eigenvalue weighted by molar-refractivity contribution is 0.522. The lowest BCUT2D eigenvalue weighted by Gasteiger charge is -2.24. The Kier molecular flexibility index (Phi) is 12.6. The highest BCUT2D eigenvalue weighted by atomic mass is 16.4. The molecule has 6 aromatic heterocycles. The summed E-state index contributed by atoms with van der Waals surface area (Å²) in [6, 6.07) is 111. The quantitative estimate of drug-likeness (QED) is 0.159. The number of hydrogen-bond acceptors (Lipinski definition) is 12. The van der Waals surface area contributed by atoms with Crippen molar-refractivity contribution < 1.29 is 26.5 Å². The fraction of sp³-hybridized carbons (Fsp3) is 0. The Morgan fingerprint density at radius 1 is 0.115 bits per heavy atom. The molecular weight excluding hydrogens is 1190 g/mol. The molecule has 96 heavy (non-hydrogen) atoms. The third-order valence-corrected chi connectivity index (χ3v) is 18.0. The van der Waals surface area contributed by atoms with Crippen LogP contribution < -0.4 is 29.4 Å². The van der Waals surface area contributed by atoms with E-state index in [1.54, 1.807) is 0 Å². The molecule has 18 aromatic rings. The molecule has 0 saturated carbocycles. The van der Waals surface area contributed by atoms with Gasteiger partial charge in [-0.2, -0.15) is 0 Å². The van der Waals surface area contributed by atoms with Gasteiger partial charge in [-0.1, -0.05) is 182 Å². The smallest absolute Gasteiger partial charge is 0.217 e. The summed E-state index contributed by atoms with van der Waals surface area (Å²) in [6.45, 7) is 0. The van der Waals surface area contributed by atoms with Crippen LogP contribution in [0.3, 0.4) is 0 Å². The van der Waals surface area contributed by atoms with Crippen molar-refractivity contribution in [3.63, 3.8) is 0 Å². The average molecular weight is 1240 g/mol. The first kappa shape index (κ1) is 54.4. The summed E-state index contributed by atoms with van der Waals surface area (Å²) in [4.78, 5) is 12.5. The van der Waals surface area contributed by atoms with E-state index in [2.05, 4.69) is 175 Å². The van der Waals surface area contributed by atoms with Crippen LogP contribution in [0.5, 0.6) is 0 Å². The van der Waals surface area contributed by atoms with Crippen LogP contribution >= 0.6 is 0 Å². The number of para-hydroxylation sites is 6. The topological polar surface area (TPSA) is 98.3 Å². The second-order valence-corrected chi connectivity index (χ2v) is 23.6. The van der Waals surface area contributed by atoms with Crippen molar-refractivity contribution in [3.05, 3.63) is 328 Å². The van der Waals surface area contributed by atoms with Gasteiger partial charge in [0.2, 0.25) is 70.6 Å². The van der Waals surface area contributed by atoms with Crippen LogP contribution in [0.15, 0.2) is 354 Å². The van der Waals surface area contributed by atoms with E-state index in [-0.39, 0.29) is 0 Å². The highest BCUT2D eigenvalue weighted by Gasteiger charge is 2.39. The zero-order valence-corrected chi connectivity index (χ0v) is 51.3. The first-order valence-corrected chi connectivity index (χ1v) is 31.9. The lowest BCUT2D eigenvalue weighted by Crippen LogP contribution is -2.11. The van der Waals surface area contributed by atoms with Gasteiger partial charge < -0.3 is 26.5 Å². The Morgan fingerprint density at radius 3 is 0.312 bits per heavy atom. The standard InChI is InChI=1S/C84H54N6O6/c1-7-31-55(32-8-1)85-73-61-43-19-21-45-63(61)75(91-73)86(56-33-9-2-10-34-56)77-65-47-23-25-49-67(65)79(93-77)88(58-37-13-4-14-38-58)81-69-51-27-29-53-71(69)83(95-81)90(60-41-17-6-18-42-60)84-72-54-30-28-52-70(72)82(96-84)89(59-39-15-5-16-40-59)80-68-50-26-24-48-66(68)78(94-80)87(57-35-11-3-12-36-57)76-64-46-22-20-44-62(64)74(85)92-76/h1-54H. The van der Waals surface area contributed by atoms with Crippen LogP contribution in [-0.4, -0.2) is 0 Å². The van der Waals surface area contributed by atoms with Crippen molar-refractivity contribution in [2.45, 2.75) is 0 Å². The van der Waals surface area contributed by atoms with Crippen LogP contribution in [0.25, 0.3) is 64.6 Å². The van der Waals surface area contributed by atoms with Crippen molar-refractivity contribution >= 4 is 169 Å². The van der Waals surface area contributed by atoms with Gasteiger partial charge in [0.05, 0.1) is 34.1 Å². The SMILES string of the molecule is c1ccc(N2c3oc(c4ccccc34)N(c3ccccc3)c3oc(c4ccccc34)N(c3ccccc3)c3oc(c4ccccc34)N(c3ccccc3)c3oc(c4ccccc34)N(c3ccccc3)c3oc(c4ccccc34)N(c3ccccc3)c3oc2c2ccccc32)cc1. The number of anilines is 18. The Bertz CT molecular complexity index is 4730. The van der Waals surface area contributed by atoms with Gasteiger partial charge in [-0.15, -0.1) is 0 Å². The number of rotatable bonds is 6. The molecule has 0 aliphatic carbocycles. The highest BCUT2D eigenvalue weighted by Crippen LogP contribution is 2.59. The Balaban J connectivity index is 0.976. The number of hydrogen-bond donors (Lipinski definition) is 0. The van der Waals surface area contributed by atoms with E-state index in [0.717, 1.165) is 98.8 Å². The van der Waals surface area contributed by atoms with Crippen LogP contribution in [0.1, 0.15) is 0 Å². The van der Waals surface area contributed by atoms with Gasteiger partial charge in [-0.05, 0) is 146 Å². The zero-order chi connectivity index (χ0) is 63.2. The van der Waals surface area contributed by atoms with E-state index in [4.69, 9.17) is 26.5 Å². The molecule has 456 valence electrons. The number of nitrogens with zero attached hydrogens (tertiary/aromatic N) is 6. The van der Waals surface area contributed by atoms with Crippen molar-refractivity contribution in [2.75, 3.05) is 29.4 Å². The molecule has 1 aliphatic rings. The van der Waals surface area contributed by atoms with E-state index in [0.29, 0.717) is 70.6 Å².